The molecule has 1 aromatic carbocycles. The minimum absolute atomic E-state index is 0.0360. The van der Waals surface area contributed by atoms with E-state index in [4.69, 9.17) is 4.74 Å². The van der Waals surface area contributed by atoms with Gasteiger partial charge in [-0.3, -0.25) is 14.4 Å². The minimum atomic E-state index is -0.595. The Morgan fingerprint density at radius 1 is 1.12 bits per heavy atom. The summed E-state index contributed by atoms with van der Waals surface area (Å²) in [6.45, 7) is 1.78. The fourth-order valence-corrected chi connectivity index (χ4v) is 2.99. The molecule has 0 radical (unpaired) electrons. The van der Waals surface area contributed by atoms with Gasteiger partial charge in [0.25, 0.3) is 5.91 Å². The van der Waals surface area contributed by atoms with E-state index < -0.39 is 11.8 Å². The van der Waals surface area contributed by atoms with Gasteiger partial charge in [-0.15, -0.1) is 0 Å². The largest absolute Gasteiger partial charge is 0.456 e. The second kappa shape index (κ2) is 9.30. The first-order valence-corrected chi connectivity index (χ1v) is 8.69. The molecule has 0 aliphatic heterocycles. The molecule has 1 aromatic rings. The van der Waals surface area contributed by atoms with E-state index in [0.717, 1.165) is 19.3 Å². The topological polar surface area (TPSA) is 72.5 Å². The zero-order valence-electron chi connectivity index (χ0n) is 14.4. The summed E-state index contributed by atoms with van der Waals surface area (Å²) in [5.41, 5.74) is 0.346. The Labute approximate surface area is 146 Å². The Bertz CT molecular complexity index is 614. The number of esters is 1. The molecule has 1 aliphatic rings. The van der Waals surface area contributed by atoms with Crippen LogP contribution in [-0.4, -0.2) is 30.3 Å². The van der Waals surface area contributed by atoms with Crippen molar-refractivity contribution in [1.82, 2.24) is 5.32 Å². The molecule has 1 saturated carbocycles. The van der Waals surface area contributed by atoms with Gasteiger partial charge in [0, 0.05) is 18.0 Å². The van der Waals surface area contributed by atoms with Gasteiger partial charge in [0.05, 0.1) is 6.42 Å². The van der Waals surface area contributed by atoms with E-state index in [1.54, 1.807) is 0 Å². The van der Waals surface area contributed by atoms with Crippen LogP contribution in [0.5, 0.6) is 0 Å². The summed E-state index contributed by atoms with van der Waals surface area (Å²) < 4.78 is 17.7. The Kier molecular flexibility index (Phi) is 7.10. The Hall–Kier alpha value is -2.24. The Balaban J connectivity index is 1.67. The molecule has 0 spiro atoms. The van der Waals surface area contributed by atoms with E-state index in [1.165, 1.54) is 30.7 Å². The summed E-state index contributed by atoms with van der Waals surface area (Å²) in [7, 11) is 0. The third-order valence-corrected chi connectivity index (χ3v) is 4.54. The summed E-state index contributed by atoms with van der Waals surface area (Å²) in [6.07, 6.45) is 4.18. The number of carbonyl (C=O) groups excluding carboxylic acids is 3. The van der Waals surface area contributed by atoms with Crippen LogP contribution in [0.3, 0.4) is 0 Å². The monoisotopic (exact) mass is 349 g/mol. The lowest BCUT2D eigenvalue weighted by Crippen LogP contribution is -2.42. The molecule has 5 nitrogen and oxygen atoms in total. The van der Waals surface area contributed by atoms with Crippen molar-refractivity contribution < 1.29 is 23.5 Å². The quantitative estimate of drug-likeness (QED) is 0.607. The van der Waals surface area contributed by atoms with E-state index in [-0.39, 0.29) is 37.2 Å². The maximum Gasteiger partial charge on any atom is 0.306 e. The second-order valence-electron chi connectivity index (χ2n) is 6.53. The lowest BCUT2D eigenvalue weighted by molar-refractivity contribution is -0.148. The summed E-state index contributed by atoms with van der Waals surface area (Å²) in [6, 6.07) is 5.29. The van der Waals surface area contributed by atoms with Crippen molar-refractivity contribution in [3.05, 3.63) is 35.6 Å². The van der Waals surface area contributed by atoms with E-state index >= 15 is 0 Å². The molecule has 1 fully saturated rings. The molecule has 0 heterocycles. The normalized spacial score (nSPS) is 19.9. The van der Waals surface area contributed by atoms with Crippen molar-refractivity contribution >= 4 is 17.7 Å². The summed E-state index contributed by atoms with van der Waals surface area (Å²) in [4.78, 5) is 35.4. The molecule has 1 aliphatic carbocycles. The SMILES string of the molecule is C[C@@H]1CCCC[C@H]1NC(=O)COC(=O)CCC(=O)c1ccc(F)cc1. The van der Waals surface area contributed by atoms with Gasteiger partial charge < -0.3 is 10.1 Å². The van der Waals surface area contributed by atoms with Crippen LogP contribution in [0.2, 0.25) is 0 Å². The highest BCUT2D eigenvalue weighted by Gasteiger charge is 2.23. The van der Waals surface area contributed by atoms with Gasteiger partial charge >= 0.3 is 5.97 Å². The Morgan fingerprint density at radius 3 is 2.48 bits per heavy atom. The average molecular weight is 349 g/mol. The third kappa shape index (κ3) is 6.29. The molecule has 6 heteroatoms. The number of hydrogen-bond acceptors (Lipinski definition) is 4. The fourth-order valence-electron chi connectivity index (χ4n) is 2.99. The molecule has 25 heavy (non-hydrogen) atoms. The third-order valence-electron chi connectivity index (χ3n) is 4.54. The Morgan fingerprint density at radius 2 is 1.80 bits per heavy atom. The molecule has 2 rings (SSSR count). The van der Waals surface area contributed by atoms with Crippen LogP contribution in [0.15, 0.2) is 24.3 Å². The number of amides is 1. The van der Waals surface area contributed by atoms with Gasteiger partial charge in [0.2, 0.25) is 0 Å². The number of Topliss-reactive ketones (excluding diaryl/α,β-unsaturated/α-hetero) is 1. The highest BCUT2D eigenvalue weighted by molar-refractivity contribution is 5.97. The molecule has 1 N–H and O–H groups in total. The van der Waals surface area contributed by atoms with Crippen molar-refractivity contribution in [2.75, 3.05) is 6.61 Å². The van der Waals surface area contributed by atoms with Crippen molar-refractivity contribution in [2.24, 2.45) is 5.92 Å². The van der Waals surface area contributed by atoms with E-state index in [2.05, 4.69) is 12.2 Å². The molecular formula is C19H24FNO4. The molecule has 0 saturated heterocycles. The highest BCUT2D eigenvalue weighted by atomic mass is 19.1. The number of ketones is 1. The minimum Gasteiger partial charge on any atom is -0.456 e. The van der Waals surface area contributed by atoms with Crippen molar-refractivity contribution in [2.45, 2.75) is 51.5 Å². The predicted molar refractivity (Wildman–Crippen MR) is 90.5 cm³/mol. The first-order chi connectivity index (χ1) is 12.0. The van der Waals surface area contributed by atoms with Gasteiger partial charge in [-0.1, -0.05) is 19.8 Å². The van der Waals surface area contributed by atoms with Gasteiger partial charge in [-0.25, -0.2) is 4.39 Å². The van der Waals surface area contributed by atoms with Gasteiger partial charge in [-0.05, 0) is 43.0 Å². The van der Waals surface area contributed by atoms with Gasteiger partial charge in [0.15, 0.2) is 12.4 Å². The molecule has 0 unspecified atom stereocenters. The number of rotatable bonds is 7. The van der Waals surface area contributed by atoms with Crippen LogP contribution >= 0.6 is 0 Å². The number of halogens is 1. The van der Waals surface area contributed by atoms with Crippen LogP contribution in [-0.2, 0) is 14.3 Å². The standard InChI is InChI=1S/C19H24FNO4/c1-13-4-2-3-5-16(13)21-18(23)12-25-19(24)11-10-17(22)14-6-8-15(20)9-7-14/h6-9,13,16H,2-5,10-12H2,1H3,(H,21,23)/t13-,16-/m1/s1. The summed E-state index contributed by atoms with van der Waals surface area (Å²) in [5.74, 6) is -1.16. The van der Waals surface area contributed by atoms with E-state index in [1.807, 2.05) is 0 Å². The molecule has 0 bridgehead atoms. The first kappa shape index (κ1) is 19.1. The highest BCUT2D eigenvalue weighted by Crippen LogP contribution is 2.23. The number of nitrogens with one attached hydrogen (secondary N) is 1. The molecular weight excluding hydrogens is 325 g/mol. The summed E-state index contributed by atoms with van der Waals surface area (Å²) >= 11 is 0. The number of ether oxygens (including phenoxy) is 1. The van der Waals surface area contributed by atoms with E-state index in [0.29, 0.717) is 11.5 Å². The van der Waals surface area contributed by atoms with Crippen molar-refractivity contribution in [3.8, 4) is 0 Å². The smallest absolute Gasteiger partial charge is 0.306 e. The van der Waals surface area contributed by atoms with Crippen LogP contribution in [0.25, 0.3) is 0 Å². The van der Waals surface area contributed by atoms with Gasteiger partial charge in [-0.2, -0.15) is 0 Å². The van der Waals surface area contributed by atoms with Gasteiger partial charge in [0.1, 0.15) is 5.82 Å². The maximum absolute atomic E-state index is 12.8. The predicted octanol–water partition coefficient (Wildman–Crippen LogP) is 3.03. The average Bonchev–Trinajstić information content (AvgIpc) is 2.60. The van der Waals surface area contributed by atoms with Crippen LogP contribution in [0.4, 0.5) is 4.39 Å². The lowest BCUT2D eigenvalue weighted by Gasteiger charge is -2.29. The lowest BCUT2D eigenvalue weighted by atomic mass is 9.86. The van der Waals surface area contributed by atoms with Crippen LogP contribution in [0, 0.1) is 11.7 Å². The zero-order valence-corrected chi connectivity index (χ0v) is 14.4. The van der Waals surface area contributed by atoms with Crippen LogP contribution in [0.1, 0.15) is 55.8 Å². The second-order valence-corrected chi connectivity index (χ2v) is 6.53. The number of benzene rings is 1. The zero-order chi connectivity index (χ0) is 18.2. The van der Waals surface area contributed by atoms with E-state index in [9.17, 15) is 18.8 Å². The first-order valence-electron chi connectivity index (χ1n) is 8.69. The maximum atomic E-state index is 12.8. The molecule has 1 amide bonds. The summed E-state index contributed by atoms with van der Waals surface area (Å²) in [5, 5.41) is 2.90. The fraction of sp³-hybridized carbons (Fsp3) is 0.526. The van der Waals surface area contributed by atoms with Crippen LogP contribution < -0.4 is 5.32 Å². The number of carbonyl (C=O) groups is 3. The molecule has 136 valence electrons. The van der Waals surface area contributed by atoms with Crippen molar-refractivity contribution in [3.63, 3.8) is 0 Å². The molecule has 2 atom stereocenters. The van der Waals surface area contributed by atoms with Crippen molar-refractivity contribution in [1.29, 1.82) is 0 Å². The molecule has 0 aromatic heterocycles. The number of hydrogen-bond donors (Lipinski definition) is 1.